The highest BCUT2D eigenvalue weighted by molar-refractivity contribution is 6.48. The Labute approximate surface area is 165 Å². The van der Waals surface area contributed by atoms with Crippen molar-refractivity contribution in [2.24, 2.45) is 15.7 Å². The van der Waals surface area contributed by atoms with Crippen molar-refractivity contribution >= 4 is 11.4 Å². The first-order valence-electron chi connectivity index (χ1n) is 9.96. The summed E-state index contributed by atoms with van der Waals surface area (Å²) in [6.07, 6.45) is 8.74. The van der Waals surface area contributed by atoms with E-state index in [0.29, 0.717) is 35.1 Å². The van der Waals surface area contributed by atoms with E-state index in [1.807, 2.05) is 20.8 Å². The number of phenols is 1. The maximum Gasteiger partial charge on any atom is 0.128 e. The Morgan fingerprint density at radius 2 is 1.74 bits per heavy atom. The van der Waals surface area contributed by atoms with Gasteiger partial charge < -0.3 is 15.6 Å². The second-order valence-electron chi connectivity index (χ2n) is 5.96. The molecule has 1 heterocycles. The minimum absolute atomic E-state index is 0.114. The average Bonchev–Trinajstić information content (AvgIpc) is 2.84. The van der Waals surface area contributed by atoms with Gasteiger partial charge in [-0.3, -0.25) is 4.99 Å². The van der Waals surface area contributed by atoms with Crippen molar-refractivity contribution in [3.05, 3.63) is 35.7 Å². The number of nitrogens with two attached hydrogens (primary N) is 1. The van der Waals surface area contributed by atoms with E-state index in [1.54, 1.807) is 31.4 Å². The summed E-state index contributed by atoms with van der Waals surface area (Å²) in [7, 11) is 1.55. The molecule has 5 heteroatoms. The first-order chi connectivity index (χ1) is 13.0. The van der Waals surface area contributed by atoms with Crippen LogP contribution in [0.1, 0.15) is 72.3 Å². The predicted octanol–water partition coefficient (Wildman–Crippen LogP) is 5.47. The van der Waals surface area contributed by atoms with E-state index in [-0.39, 0.29) is 5.75 Å². The molecule has 1 aromatic rings. The van der Waals surface area contributed by atoms with Gasteiger partial charge in [-0.15, -0.1) is 0 Å². The molecule has 27 heavy (non-hydrogen) atoms. The molecular weight excluding hydrogens is 338 g/mol. The number of hydrogen-bond donors (Lipinski definition) is 2. The molecule has 0 fully saturated rings. The minimum Gasteiger partial charge on any atom is -0.507 e. The van der Waals surface area contributed by atoms with Crippen LogP contribution in [-0.4, -0.2) is 30.2 Å². The van der Waals surface area contributed by atoms with Crippen molar-refractivity contribution in [2.75, 3.05) is 13.7 Å². The van der Waals surface area contributed by atoms with Crippen LogP contribution in [0.25, 0.3) is 0 Å². The lowest BCUT2D eigenvalue weighted by Crippen LogP contribution is -2.13. The van der Waals surface area contributed by atoms with Gasteiger partial charge in [0.25, 0.3) is 0 Å². The molecule has 0 bridgehead atoms. The highest BCUT2D eigenvalue weighted by Crippen LogP contribution is 2.25. The number of benzene rings is 1. The van der Waals surface area contributed by atoms with Gasteiger partial charge in [0.15, 0.2) is 0 Å². The predicted molar refractivity (Wildman–Crippen MR) is 117 cm³/mol. The third-order valence-corrected chi connectivity index (χ3v) is 3.86. The van der Waals surface area contributed by atoms with Crippen molar-refractivity contribution in [2.45, 2.75) is 66.7 Å². The Morgan fingerprint density at radius 3 is 2.26 bits per heavy atom. The fraction of sp³-hybridized carbons (Fsp3) is 0.545. The first-order valence-corrected chi connectivity index (χ1v) is 9.96. The molecule has 0 aliphatic carbocycles. The molecule has 2 rings (SSSR count). The molecule has 0 saturated heterocycles. The Kier molecular flexibility index (Phi) is 13.6. The molecule has 0 aromatic heterocycles. The molecule has 1 aliphatic heterocycles. The van der Waals surface area contributed by atoms with Gasteiger partial charge in [0.2, 0.25) is 0 Å². The topological polar surface area (TPSA) is 80.2 Å². The third-order valence-electron chi connectivity index (χ3n) is 3.86. The summed E-state index contributed by atoms with van der Waals surface area (Å²) in [5.41, 5.74) is 7.62. The maximum atomic E-state index is 9.99. The third kappa shape index (κ3) is 9.27. The molecule has 0 atom stereocenters. The normalized spacial score (nSPS) is 12.9. The zero-order chi connectivity index (χ0) is 20.7. The van der Waals surface area contributed by atoms with Gasteiger partial charge in [-0.25, -0.2) is 4.99 Å². The molecule has 3 N–H and O–H groups in total. The summed E-state index contributed by atoms with van der Waals surface area (Å²) in [6.45, 7) is 10.8. The Balaban J connectivity index is 0.000000637. The van der Waals surface area contributed by atoms with Crippen LogP contribution in [0.15, 0.2) is 40.1 Å². The van der Waals surface area contributed by atoms with Gasteiger partial charge in [0.1, 0.15) is 17.3 Å². The number of phenolic OH excluding ortho intramolecular Hbond substituents is 1. The standard InChI is InChI=1S/C13H15N3O2.C7H16.C2H6/c1-8-13(15-6-5-12(14)16-8)10-4-3-9(18-2)7-11(10)17;1-3-5-7-6-4-2;1-2/h3-5,7,17H,6,14H2,1-2H3;3-7H2,1-2H3;1-2H3. The van der Waals surface area contributed by atoms with Gasteiger partial charge in [-0.05, 0) is 25.1 Å². The summed E-state index contributed by atoms with van der Waals surface area (Å²) >= 11 is 0. The summed E-state index contributed by atoms with van der Waals surface area (Å²) in [6, 6.07) is 5.08. The monoisotopic (exact) mass is 375 g/mol. The van der Waals surface area contributed by atoms with Gasteiger partial charge in [0, 0.05) is 11.6 Å². The van der Waals surface area contributed by atoms with E-state index in [9.17, 15) is 5.11 Å². The zero-order valence-corrected chi connectivity index (χ0v) is 17.9. The number of ether oxygens (including phenoxy) is 1. The van der Waals surface area contributed by atoms with Gasteiger partial charge in [-0.1, -0.05) is 59.8 Å². The van der Waals surface area contributed by atoms with Crippen molar-refractivity contribution in [1.29, 1.82) is 0 Å². The van der Waals surface area contributed by atoms with E-state index in [0.717, 1.165) is 0 Å². The van der Waals surface area contributed by atoms with Crippen LogP contribution >= 0.6 is 0 Å². The summed E-state index contributed by atoms with van der Waals surface area (Å²) in [4.78, 5) is 8.57. The zero-order valence-electron chi connectivity index (χ0n) is 17.9. The maximum absolute atomic E-state index is 9.99. The van der Waals surface area contributed by atoms with Gasteiger partial charge in [-0.2, -0.15) is 0 Å². The van der Waals surface area contributed by atoms with E-state index in [4.69, 9.17) is 10.5 Å². The number of methoxy groups -OCH3 is 1. The van der Waals surface area contributed by atoms with Crippen LogP contribution in [0, 0.1) is 0 Å². The Morgan fingerprint density at radius 1 is 1.11 bits per heavy atom. The fourth-order valence-corrected chi connectivity index (χ4v) is 2.43. The molecule has 0 unspecified atom stereocenters. The Hall–Kier alpha value is -2.30. The average molecular weight is 376 g/mol. The largest absolute Gasteiger partial charge is 0.507 e. The first kappa shape index (κ1) is 24.7. The van der Waals surface area contributed by atoms with Crippen LogP contribution < -0.4 is 10.5 Å². The molecule has 1 aromatic carbocycles. The summed E-state index contributed by atoms with van der Waals surface area (Å²) < 4.78 is 5.05. The number of unbranched alkanes of at least 4 members (excludes halogenated alkanes) is 4. The van der Waals surface area contributed by atoms with Crippen LogP contribution in [-0.2, 0) is 0 Å². The smallest absolute Gasteiger partial charge is 0.128 e. The minimum atomic E-state index is 0.114. The van der Waals surface area contributed by atoms with Gasteiger partial charge in [0.05, 0.1) is 25.1 Å². The second-order valence-corrected chi connectivity index (χ2v) is 5.96. The number of hydrogen-bond acceptors (Lipinski definition) is 5. The molecule has 0 amide bonds. The van der Waals surface area contributed by atoms with E-state index in [2.05, 4.69) is 23.8 Å². The molecule has 0 saturated carbocycles. The Bertz CT molecular complexity index is 630. The van der Waals surface area contributed by atoms with Crippen molar-refractivity contribution in [3.63, 3.8) is 0 Å². The number of rotatable bonds is 6. The molecular formula is C22H37N3O2. The van der Waals surface area contributed by atoms with Crippen molar-refractivity contribution < 1.29 is 9.84 Å². The number of nitrogens with zero attached hydrogens (tertiary/aromatic N) is 2. The van der Waals surface area contributed by atoms with E-state index < -0.39 is 0 Å². The number of aliphatic imine (C=N–C) groups is 2. The van der Waals surface area contributed by atoms with Crippen LogP contribution in [0.4, 0.5) is 0 Å². The molecule has 5 nitrogen and oxygen atoms in total. The SMILES string of the molecule is CC.CCCCCCC.COc1ccc(C2=NCC=C(N)N=C2C)c(O)c1. The quantitative estimate of drug-likeness (QED) is 0.647. The molecule has 152 valence electrons. The van der Waals surface area contributed by atoms with E-state index in [1.165, 1.54) is 32.1 Å². The van der Waals surface area contributed by atoms with Crippen LogP contribution in [0.5, 0.6) is 11.5 Å². The van der Waals surface area contributed by atoms with Crippen molar-refractivity contribution in [1.82, 2.24) is 0 Å². The highest BCUT2D eigenvalue weighted by Gasteiger charge is 2.14. The molecule has 0 radical (unpaired) electrons. The van der Waals surface area contributed by atoms with Crippen LogP contribution in [0.2, 0.25) is 0 Å². The molecule has 1 aliphatic rings. The van der Waals surface area contributed by atoms with Crippen LogP contribution in [0.3, 0.4) is 0 Å². The fourth-order valence-electron chi connectivity index (χ4n) is 2.43. The lowest BCUT2D eigenvalue weighted by Gasteiger charge is -2.09. The highest BCUT2D eigenvalue weighted by atomic mass is 16.5. The van der Waals surface area contributed by atoms with Crippen molar-refractivity contribution in [3.8, 4) is 11.5 Å². The van der Waals surface area contributed by atoms with E-state index >= 15 is 0 Å². The molecule has 0 spiro atoms. The summed E-state index contributed by atoms with van der Waals surface area (Å²) in [5, 5.41) is 9.99. The number of aromatic hydroxyl groups is 1. The lowest BCUT2D eigenvalue weighted by atomic mass is 10.1. The lowest BCUT2D eigenvalue weighted by molar-refractivity contribution is 0.407. The van der Waals surface area contributed by atoms with Gasteiger partial charge >= 0.3 is 0 Å². The summed E-state index contributed by atoms with van der Waals surface area (Å²) in [5.74, 6) is 1.15. The second kappa shape index (κ2) is 14.8.